The van der Waals surface area contributed by atoms with Crippen molar-refractivity contribution in [2.24, 2.45) is 10.9 Å². The Morgan fingerprint density at radius 3 is 2.46 bits per heavy atom. The third kappa shape index (κ3) is 12.7. The average molecular weight is 484 g/mol. The van der Waals surface area contributed by atoms with Crippen LogP contribution < -0.4 is 10.6 Å². The number of rotatable bonds is 11. The Kier molecular flexibility index (Phi) is 16.2. The van der Waals surface area contributed by atoms with Gasteiger partial charge in [0.15, 0.2) is 5.96 Å². The number of nitrogens with one attached hydrogen (secondary N) is 2. The van der Waals surface area contributed by atoms with E-state index in [1.54, 1.807) is 19.0 Å². The van der Waals surface area contributed by atoms with Crippen molar-refractivity contribution in [1.82, 2.24) is 15.5 Å². The zero-order chi connectivity index (χ0) is 18.3. The number of unbranched alkanes of at least 4 members (excludes halogenated alkanes) is 1. The number of hydrogen-bond donors (Lipinski definition) is 2. The maximum Gasteiger partial charge on any atom is 0.243 e. The number of likely N-dealkylation sites (N-methyl/N-ethyl adjacent to an activating group) is 1. The Hall–Kier alpha value is -0.610. The summed E-state index contributed by atoms with van der Waals surface area (Å²) in [6, 6.07) is 0. The van der Waals surface area contributed by atoms with Crippen LogP contribution in [0.3, 0.4) is 0 Å². The molecule has 1 aliphatic heterocycles. The summed E-state index contributed by atoms with van der Waals surface area (Å²) in [5.74, 6) is 1.34. The molecule has 2 N–H and O–H groups in total. The van der Waals surface area contributed by atoms with Crippen molar-refractivity contribution in [3.05, 3.63) is 0 Å². The predicted molar refractivity (Wildman–Crippen MR) is 116 cm³/mol. The maximum absolute atomic E-state index is 11.7. The molecule has 0 aromatic carbocycles. The lowest BCUT2D eigenvalue weighted by Gasteiger charge is -2.21. The lowest BCUT2D eigenvalue weighted by molar-refractivity contribution is -0.127. The maximum atomic E-state index is 11.7. The minimum absolute atomic E-state index is 0. The third-order valence-corrected chi connectivity index (χ3v) is 4.15. The minimum atomic E-state index is -0.00335. The monoisotopic (exact) mass is 484 g/mol. The van der Waals surface area contributed by atoms with Crippen LogP contribution >= 0.6 is 24.0 Å². The van der Waals surface area contributed by atoms with Crippen LogP contribution in [0.1, 0.15) is 39.0 Å². The van der Waals surface area contributed by atoms with Crippen LogP contribution in [0.5, 0.6) is 0 Å². The van der Waals surface area contributed by atoms with E-state index >= 15 is 0 Å². The molecule has 154 valence electrons. The third-order valence-electron chi connectivity index (χ3n) is 4.15. The van der Waals surface area contributed by atoms with Crippen molar-refractivity contribution in [1.29, 1.82) is 0 Å². The molecule has 0 atom stereocenters. The van der Waals surface area contributed by atoms with Gasteiger partial charge in [0.25, 0.3) is 0 Å². The molecule has 8 heteroatoms. The fourth-order valence-electron chi connectivity index (χ4n) is 2.39. The van der Waals surface area contributed by atoms with E-state index in [4.69, 9.17) is 9.47 Å². The molecule has 0 aromatic rings. The quantitative estimate of drug-likeness (QED) is 0.203. The normalized spacial score (nSPS) is 15.3. The highest BCUT2D eigenvalue weighted by atomic mass is 127. The number of aliphatic imine (C=N–C) groups is 1. The molecule has 0 unspecified atom stereocenters. The molecule has 1 amide bonds. The number of amides is 1. The van der Waals surface area contributed by atoms with E-state index in [9.17, 15) is 4.79 Å². The SMILES string of the molecule is CCCCNC(=NCC(=O)N(C)C)NCCCOCC1CCOCC1.I. The average Bonchev–Trinajstić information content (AvgIpc) is 2.62. The largest absolute Gasteiger partial charge is 0.381 e. The van der Waals surface area contributed by atoms with Crippen LogP contribution in [-0.4, -0.2) is 76.9 Å². The van der Waals surface area contributed by atoms with E-state index in [-0.39, 0.29) is 36.4 Å². The molecule has 0 radical (unpaired) electrons. The van der Waals surface area contributed by atoms with Gasteiger partial charge in [0.05, 0.1) is 0 Å². The summed E-state index contributed by atoms with van der Waals surface area (Å²) in [5.41, 5.74) is 0. The van der Waals surface area contributed by atoms with Crippen LogP contribution in [0.2, 0.25) is 0 Å². The van der Waals surface area contributed by atoms with E-state index in [1.165, 1.54) is 0 Å². The van der Waals surface area contributed by atoms with Gasteiger partial charge in [-0.25, -0.2) is 4.99 Å². The molecule has 7 nitrogen and oxygen atoms in total. The van der Waals surface area contributed by atoms with E-state index in [2.05, 4.69) is 22.5 Å². The van der Waals surface area contributed by atoms with Gasteiger partial charge in [-0.05, 0) is 31.6 Å². The van der Waals surface area contributed by atoms with Gasteiger partial charge < -0.3 is 25.0 Å². The van der Waals surface area contributed by atoms with E-state index in [0.717, 1.165) is 71.6 Å². The van der Waals surface area contributed by atoms with Crippen LogP contribution in [0.15, 0.2) is 4.99 Å². The Morgan fingerprint density at radius 1 is 1.19 bits per heavy atom. The minimum Gasteiger partial charge on any atom is -0.381 e. The second-order valence-electron chi connectivity index (χ2n) is 6.64. The van der Waals surface area contributed by atoms with Gasteiger partial charge in [0.2, 0.25) is 5.91 Å². The fraction of sp³-hybridized carbons (Fsp3) is 0.889. The van der Waals surface area contributed by atoms with E-state index < -0.39 is 0 Å². The number of hydrogen-bond acceptors (Lipinski definition) is 4. The second-order valence-corrected chi connectivity index (χ2v) is 6.64. The number of guanidine groups is 1. The smallest absolute Gasteiger partial charge is 0.243 e. The van der Waals surface area contributed by atoms with Gasteiger partial charge in [-0.15, -0.1) is 24.0 Å². The Morgan fingerprint density at radius 2 is 1.85 bits per heavy atom. The molecule has 0 spiro atoms. The van der Waals surface area contributed by atoms with Crippen molar-refractivity contribution < 1.29 is 14.3 Å². The highest BCUT2D eigenvalue weighted by Gasteiger charge is 2.13. The van der Waals surface area contributed by atoms with Gasteiger partial charge in [0, 0.05) is 53.6 Å². The zero-order valence-corrected chi connectivity index (χ0v) is 18.9. The number of carbonyl (C=O) groups excluding carboxylic acids is 1. The first-order valence-electron chi connectivity index (χ1n) is 9.51. The predicted octanol–water partition coefficient (Wildman–Crippen LogP) is 1.86. The molecular formula is C18H37IN4O3. The zero-order valence-electron chi connectivity index (χ0n) is 16.6. The number of nitrogens with zero attached hydrogens (tertiary/aromatic N) is 2. The lowest BCUT2D eigenvalue weighted by atomic mass is 10.0. The summed E-state index contributed by atoms with van der Waals surface area (Å²) < 4.78 is 11.1. The van der Waals surface area contributed by atoms with Crippen LogP contribution in [0.25, 0.3) is 0 Å². The summed E-state index contributed by atoms with van der Waals surface area (Å²) in [4.78, 5) is 17.6. The molecule has 1 rings (SSSR count). The summed E-state index contributed by atoms with van der Waals surface area (Å²) in [6.45, 7) is 7.25. The molecule has 0 saturated carbocycles. The van der Waals surface area contributed by atoms with Crippen molar-refractivity contribution in [3.8, 4) is 0 Å². The van der Waals surface area contributed by atoms with Gasteiger partial charge in [-0.1, -0.05) is 13.3 Å². The standard InChI is InChI=1S/C18H36N4O3.HI/c1-4-5-9-19-18(21-14-17(23)22(2)3)20-10-6-11-25-15-16-7-12-24-13-8-16;/h16H,4-15H2,1-3H3,(H2,19,20,21);1H. The second kappa shape index (κ2) is 16.6. The van der Waals surface area contributed by atoms with Gasteiger partial charge >= 0.3 is 0 Å². The van der Waals surface area contributed by atoms with Gasteiger partial charge in [-0.2, -0.15) is 0 Å². The number of halogens is 1. The van der Waals surface area contributed by atoms with Crippen molar-refractivity contribution >= 4 is 35.8 Å². The molecule has 26 heavy (non-hydrogen) atoms. The Bertz CT molecular complexity index is 389. The molecule has 0 bridgehead atoms. The van der Waals surface area contributed by atoms with Crippen molar-refractivity contribution in [3.63, 3.8) is 0 Å². The van der Waals surface area contributed by atoms with Gasteiger partial charge in [-0.3, -0.25) is 4.79 Å². The van der Waals surface area contributed by atoms with E-state index in [1.807, 2.05) is 0 Å². The Labute approximate surface area is 175 Å². The molecule has 1 heterocycles. The van der Waals surface area contributed by atoms with Crippen LogP contribution in [-0.2, 0) is 14.3 Å². The molecular weight excluding hydrogens is 447 g/mol. The summed E-state index contributed by atoms with van der Waals surface area (Å²) >= 11 is 0. The number of ether oxygens (including phenoxy) is 2. The summed E-state index contributed by atoms with van der Waals surface area (Å²) in [5, 5.41) is 6.55. The highest BCUT2D eigenvalue weighted by molar-refractivity contribution is 14.0. The van der Waals surface area contributed by atoms with Crippen LogP contribution in [0.4, 0.5) is 0 Å². The fourth-order valence-corrected chi connectivity index (χ4v) is 2.39. The summed E-state index contributed by atoms with van der Waals surface area (Å²) in [6.07, 6.45) is 5.33. The first-order valence-corrected chi connectivity index (χ1v) is 9.51. The molecule has 1 saturated heterocycles. The van der Waals surface area contributed by atoms with Crippen molar-refractivity contribution in [2.45, 2.75) is 39.0 Å². The first-order chi connectivity index (χ1) is 12.1. The van der Waals surface area contributed by atoms with Gasteiger partial charge in [0.1, 0.15) is 6.54 Å². The molecule has 0 aromatic heterocycles. The first kappa shape index (κ1) is 25.4. The topological polar surface area (TPSA) is 75.2 Å². The molecule has 0 aliphatic carbocycles. The van der Waals surface area contributed by atoms with E-state index in [0.29, 0.717) is 11.9 Å². The lowest BCUT2D eigenvalue weighted by Crippen LogP contribution is -2.39. The summed E-state index contributed by atoms with van der Waals surface area (Å²) in [7, 11) is 3.48. The Balaban J connectivity index is 0.00000625. The molecule has 1 aliphatic rings. The number of carbonyl (C=O) groups is 1. The van der Waals surface area contributed by atoms with Crippen LogP contribution in [0, 0.1) is 5.92 Å². The highest BCUT2D eigenvalue weighted by Crippen LogP contribution is 2.14. The molecule has 1 fully saturated rings. The van der Waals surface area contributed by atoms with Crippen molar-refractivity contribution in [2.75, 3.05) is 60.2 Å².